The number of aromatic nitrogens is 3. The lowest BCUT2D eigenvalue weighted by molar-refractivity contribution is 0.379. The van der Waals surface area contributed by atoms with Gasteiger partial charge < -0.3 is 10.1 Å². The number of rotatable bonds is 4. The van der Waals surface area contributed by atoms with Crippen LogP contribution in [0.15, 0.2) is 18.2 Å². The fraction of sp³-hybridized carbons (Fsp3) is 0.182. The van der Waals surface area contributed by atoms with Gasteiger partial charge in [0.25, 0.3) is 0 Å². The van der Waals surface area contributed by atoms with Crippen LogP contribution < -0.4 is 21.3 Å². The van der Waals surface area contributed by atoms with Crippen LogP contribution in [0.3, 0.4) is 0 Å². The molecule has 0 radical (unpaired) electrons. The second kappa shape index (κ2) is 5.68. The molecule has 7 nitrogen and oxygen atoms in total. The first-order valence-electron chi connectivity index (χ1n) is 5.42. The Hall–Kier alpha value is -2.12. The molecule has 0 amide bonds. The Morgan fingerprint density at radius 3 is 2.58 bits per heavy atom. The van der Waals surface area contributed by atoms with Crippen LogP contribution in [-0.2, 0) is 0 Å². The molecule has 0 aliphatic carbocycles. The number of halogens is 1. The van der Waals surface area contributed by atoms with E-state index in [2.05, 4.69) is 25.7 Å². The highest BCUT2D eigenvalue weighted by Crippen LogP contribution is 2.25. The van der Waals surface area contributed by atoms with Crippen LogP contribution in [-0.4, -0.2) is 22.1 Å². The van der Waals surface area contributed by atoms with Crippen LogP contribution in [0.2, 0.25) is 5.02 Å². The van der Waals surface area contributed by atoms with E-state index in [9.17, 15) is 0 Å². The third kappa shape index (κ3) is 3.21. The first-order valence-corrected chi connectivity index (χ1v) is 5.80. The van der Waals surface area contributed by atoms with Crippen molar-refractivity contribution in [3.8, 4) is 6.01 Å². The number of nitrogens with zero attached hydrogens (tertiary/aromatic N) is 3. The Morgan fingerprint density at radius 2 is 1.95 bits per heavy atom. The Labute approximate surface area is 115 Å². The zero-order valence-corrected chi connectivity index (χ0v) is 11.2. The molecule has 0 unspecified atom stereocenters. The molecule has 0 spiro atoms. The van der Waals surface area contributed by atoms with Crippen LogP contribution in [0.4, 0.5) is 17.6 Å². The molecule has 0 bridgehead atoms. The van der Waals surface area contributed by atoms with E-state index in [0.717, 1.165) is 5.56 Å². The summed E-state index contributed by atoms with van der Waals surface area (Å²) < 4.78 is 4.95. The highest BCUT2D eigenvalue weighted by molar-refractivity contribution is 6.33. The van der Waals surface area contributed by atoms with Crippen LogP contribution in [0.25, 0.3) is 0 Å². The molecular formula is C11H13ClN6O. The average Bonchev–Trinajstić information content (AvgIpc) is 2.41. The molecule has 100 valence electrons. The van der Waals surface area contributed by atoms with Gasteiger partial charge in [0.2, 0.25) is 11.9 Å². The van der Waals surface area contributed by atoms with Gasteiger partial charge in [-0.2, -0.15) is 15.0 Å². The van der Waals surface area contributed by atoms with Gasteiger partial charge in [0.1, 0.15) is 0 Å². The van der Waals surface area contributed by atoms with Gasteiger partial charge in [-0.3, -0.25) is 5.43 Å². The standard InChI is InChI=1S/C11H13ClN6O/c1-6-3-4-8(7(12)5-6)14-9-15-10(18-13)17-11(16-9)19-2/h3-5H,13H2,1-2H3,(H2,14,15,16,17,18). The number of hydrazine groups is 1. The highest BCUT2D eigenvalue weighted by atomic mass is 35.5. The van der Waals surface area contributed by atoms with Crippen molar-refractivity contribution in [2.45, 2.75) is 6.92 Å². The van der Waals surface area contributed by atoms with E-state index < -0.39 is 0 Å². The number of hydrogen-bond donors (Lipinski definition) is 3. The van der Waals surface area contributed by atoms with Gasteiger partial charge in [-0.25, -0.2) is 5.84 Å². The van der Waals surface area contributed by atoms with Gasteiger partial charge in [0.05, 0.1) is 17.8 Å². The smallest absolute Gasteiger partial charge is 0.322 e. The third-order valence-corrected chi connectivity index (χ3v) is 2.61. The molecule has 8 heteroatoms. The summed E-state index contributed by atoms with van der Waals surface area (Å²) >= 11 is 6.12. The number of nitrogen functional groups attached to an aromatic ring is 1. The van der Waals surface area contributed by atoms with Crippen molar-refractivity contribution >= 4 is 29.2 Å². The number of benzene rings is 1. The minimum Gasteiger partial charge on any atom is -0.467 e. The maximum absolute atomic E-state index is 6.12. The zero-order valence-electron chi connectivity index (χ0n) is 10.4. The predicted molar refractivity (Wildman–Crippen MR) is 73.7 cm³/mol. The molecule has 19 heavy (non-hydrogen) atoms. The quantitative estimate of drug-likeness (QED) is 0.581. The molecule has 2 aromatic rings. The third-order valence-electron chi connectivity index (χ3n) is 2.30. The van der Waals surface area contributed by atoms with Crippen LogP contribution >= 0.6 is 11.6 Å². The Balaban J connectivity index is 2.31. The summed E-state index contributed by atoms with van der Waals surface area (Å²) in [7, 11) is 1.46. The van der Waals surface area contributed by atoms with E-state index in [1.807, 2.05) is 25.1 Å². The van der Waals surface area contributed by atoms with Crippen molar-refractivity contribution < 1.29 is 4.74 Å². The van der Waals surface area contributed by atoms with E-state index in [-0.39, 0.29) is 17.9 Å². The first kappa shape index (κ1) is 13.3. The van der Waals surface area contributed by atoms with E-state index in [0.29, 0.717) is 10.7 Å². The molecule has 0 saturated carbocycles. The van der Waals surface area contributed by atoms with Gasteiger partial charge in [0.15, 0.2) is 0 Å². The van der Waals surface area contributed by atoms with Crippen LogP contribution in [0.1, 0.15) is 5.56 Å². The normalized spacial score (nSPS) is 10.1. The lowest BCUT2D eigenvalue weighted by atomic mass is 10.2. The number of nitrogens with two attached hydrogens (primary N) is 1. The summed E-state index contributed by atoms with van der Waals surface area (Å²) in [5.41, 5.74) is 4.08. The summed E-state index contributed by atoms with van der Waals surface area (Å²) in [4.78, 5) is 12.0. The van der Waals surface area contributed by atoms with Crippen molar-refractivity contribution in [3.05, 3.63) is 28.8 Å². The first-order chi connectivity index (χ1) is 9.12. The fourth-order valence-electron chi connectivity index (χ4n) is 1.41. The molecule has 0 aliphatic heterocycles. The lowest BCUT2D eigenvalue weighted by Gasteiger charge is -2.09. The van der Waals surface area contributed by atoms with Crippen molar-refractivity contribution in [3.63, 3.8) is 0 Å². The molecule has 1 aromatic carbocycles. The van der Waals surface area contributed by atoms with E-state index in [4.69, 9.17) is 22.2 Å². The molecule has 2 rings (SSSR count). The number of aryl methyl sites for hydroxylation is 1. The summed E-state index contributed by atoms with van der Waals surface area (Å²) in [6.45, 7) is 1.96. The largest absolute Gasteiger partial charge is 0.467 e. The summed E-state index contributed by atoms with van der Waals surface area (Å²) in [6, 6.07) is 5.75. The number of anilines is 3. The number of nitrogens with one attached hydrogen (secondary N) is 2. The van der Waals surface area contributed by atoms with E-state index >= 15 is 0 Å². The summed E-state index contributed by atoms with van der Waals surface area (Å²) in [5.74, 6) is 5.75. The molecule has 1 heterocycles. The minimum atomic E-state index is 0.147. The number of hydrogen-bond acceptors (Lipinski definition) is 7. The second-order valence-electron chi connectivity index (χ2n) is 3.72. The van der Waals surface area contributed by atoms with Gasteiger partial charge in [-0.05, 0) is 24.6 Å². The number of ether oxygens (including phenoxy) is 1. The molecule has 0 fully saturated rings. The Bertz CT molecular complexity index is 569. The Kier molecular flexibility index (Phi) is 3.98. The van der Waals surface area contributed by atoms with E-state index in [1.165, 1.54) is 7.11 Å². The van der Waals surface area contributed by atoms with Crippen LogP contribution in [0, 0.1) is 6.92 Å². The molecule has 0 atom stereocenters. The maximum atomic E-state index is 6.12. The minimum absolute atomic E-state index is 0.147. The second-order valence-corrected chi connectivity index (χ2v) is 4.13. The zero-order chi connectivity index (χ0) is 13.8. The van der Waals surface area contributed by atoms with Crippen molar-refractivity contribution in [1.82, 2.24) is 15.0 Å². The van der Waals surface area contributed by atoms with Gasteiger partial charge in [-0.15, -0.1) is 0 Å². The monoisotopic (exact) mass is 280 g/mol. The van der Waals surface area contributed by atoms with Crippen molar-refractivity contribution in [1.29, 1.82) is 0 Å². The molecule has 1 aromatic heterocycles. The fourth-order valence-corrected chi connectivity index (χ4v) is 1.69. The summed E-state index contributed by atoms with van der Waals surface area (Å²) in [5, 5.41) is 3.55. The van der Waals surface area contributed by atoms with Crippen molar-refractivity contribution in [2.24, 2.45) is 5.84 Å². The molecule has 4 N–H and O–H groups in total. The topological polar surface area (TPSA) is 98.0 Å². The van der Waals surface area contributed by atoms with Crippen molar-refractivity contribution in [2.75, 3.05) is 17.9 Å². The van der Waals surface area contributed by atoms with E-state index in [1.54, 1.807) is 0 Å². The maximum Gasteiger partial charge on any atom is 0.322 e. The average molecular weight is 281 g/mol. The molecular weight excluding hydrogens is 268 g/mol. The lowest BCUT2D eigenvalue weighted by Crippen LogP contribution is -2.13. The SMILES string of the molecule is COc1nc(NN)nc(Nc2ccc(C)cc2Cl)n1. The predicted octanol–water partition coefficient (Wildman–Crippen LogP) is 1.87. The number of methoxy groups -OCH3 is 1. The van der Waals surface area contributed by atoms with Gasteiger partial charge >= 0.3 is 6.01 Å². The van der Waals surface area contributed by atoms with Gasteiger partial charge in [0, 0.05) is 0 Å². The van der Waals surface area contributed by atoms with Gasteiger partial charge in [-0.1, -0.05) is 17.7 Å². The van der Waals surface area contributed by atoms with Crippen LogP contribution in [0.5, 0.6) is 6.01 Å². The molecule has 0 aliphatic rings. The summed E-state index contributed by atoms with van der Waals surface area (Å²) in [6.07, 6.45) is 0. The Morgan fingerprint density at radius 1 is 1.21 bits per heavy atom. The highest BCUT2D eigenvalue weighted by Gasteiger charge is 2.08. The molecule has 0 saturated heterocycles.